The predicted octanol–water partition coefficient (Wildman–Crippen LogP) is 3.50. The van der Waals surface area contributed by atoms with Gasteiger partial charge in [-0.2, -0.15) is 5.26 Å². The van der Waals surface area contributed by atoms with Gasteiger partial charge in [0, 0.05) is 12.1 Å². The van der Waals surface area contributed by atoms with Crippen LogP contribution in [0.15, 0.2) is 24.3 Å². The minimum absolute atomic E-state index is 0.0309. The second-order valence-corrected chi connectivity index (χ2v) is 4.33. The fourth-order valence-corrected chi connectivity index (χ4v) is 1.69. The summed E-state index contributed by atoms with van der Waals surface area (Å²) in [7, 11) is 0. The Labute approximate surface area is 114 Å². The lowest BCUT2D eigenvalue weighted by atomic mass is 10.1. The zero-order chi connectivity index (χ0) is 13.9. The van der Waals surface area contributed by atoms with Gasteiger partial charge in [-0.15, -0.1) is 0 Å². The molecule has 0 aliphatic heterocycles. The molecular weight excluding hydrogens is 240 g/mol. The van der Waals surface area contributed by atoms with Crippen molar-refractivity contribution in [3.8, 4) is 11.8 Å². The minimum atomic E-state index is 0.0309. The third-order valence-corrected chi connectivity index (χ3v) is 2.70. The maximum atomic E-state index is 11.6. The van der Waals surface area contributed by atoms with Crippen LogP contribution >= 0.6 is 0 Å². The van der Waals surface area contributed by atoms with E-state index < -0.39 is 0 Å². The van der Waals surface area contributed by atoms with Gasteiger partial charge < -0.3 is 10.1 Å². The van der Waals surface area contributed by atoms with E-state index in [4.69, 9.17) is 10.00 Å². The first-order valence-corrected chi connectivity index (χ1v) is 6.66. The monoisotopic (exact) mass is 260 g/mol. The Morgan fingerprint density at radius 1 is 1.26 bits per heavy atom. The Hall–Kier alpha value is -2.02. The summed E-state index contributed by atoms with van der Waals surface area (Å²) in [5.41, 5.74) is 0.754. The second kappa shape index (κ2) is 8.98. The number of carbonyl (C=O) groups excluding carboxylic acids is 1. The van der Waals surface area contributed by atoms with Gasteiger partial charge in [0.1, 0.15) is 11.8 Å². The molecule has 4 nitrogen and oxygen atoms in total. The van der Waals surface area contributed by atoms with Gasteiger partial charge in [-0.3, -0.25) is 4.79 Å². The molecule has 0 radical (unpaired) electrons. The molecule has 0 spiro atoms. The lowest BCUT2D eigenvalue weighted by Crippen LogP contribution is -2.10. The standard InChI is InChI=1S/C15H20N2O2/c1-2-3-4-5-6-15(18)17-13-7-9-14(10-8-13)19-12-11-16/h7-10H,2-6,12H2,1H3,(H,17,18). The summed E-state index contributed by atoms with van der Waals surface area (Å²) in [6, 6.07) is 8.93. The molecule has 0 saturated heterocycles. The first-order valence-electron chi connectivity index (χ1n) is 6.66. The van der Waals surface area contributed by atoms with Gasteiger partial charge in [0.2, 0.25) is 5.91 Å². The lowest BCUT2D eigenvalue weighted by Gasteiger charge is -2.06. The summed E-state index contributed by atoms with van der Waals surface area (Å²) in [4.78, 5) is 11.6. The van der Waals surface area contributed by atoms with Crippen LogP contribution in [0, 0.1) is 11.3 Å². The van der Waals surface area contributed by atoms with Gasteiger partial charge in [0.05, 0.1) is 0 Å². The van der Waals surface area contributed by atoms with Crippen LogP contribution in [0.5, 0.6) is 5.75 Å². The highest BCUT2D eigenvalue weighted by atomic mass is 16.5. The number of benzene rings is 1. The predicted molar refractivity (Wildman–Crippen MR) is 74.9 cm³/mol. The van der Waals surface area contributed by atoms with Crippen LogP contribution in [0.1, 0.15) is 39.0 Å². The molecule has 0 heterocycles. The number of amides is 1. The van der Waals surface area contributed by atoms with Crippen LogP contribution < -0.4 is 10.1 Å². The van der Waals surface area contributed by atoms with E-state index >= 15 is 0 Å². The van der Waals surface area contributed by atoms with Crippen LogP contribution in [-0.2, 0) is 4.79 Å². The van der Waals surface area contributed by atoms with Crippen molar-refractivity contribution in [1.29, 1.82) is 5.26 Å². The summed E-state index contributed by atoms with van der Waals surface area (Å²) < 4.78 is 5.13. The van der Waals surface area contributed by atoms with Crippen molar-refractivity contribution in [3.63, 3.8) is 0 Å². The topological polar surface area (TPSA) is 62.1 Å². The number of hydrogen-bond acceptors (Lipinski definition) is 3. The third-order valence-electron chi connectivity index (χ3n) is 2.70. The van der Waals surface area contributed by atoms with Crippen LogP contribution in [0.25, 0.3) is 0 Å². The summed E-state index contributed by atoms with van der Waals surface area (Å²) in [6.45, 7) is 2.18. The SMILES string of the molecule is CCCCCCC(=O)Nc1ccc(OCC#N)cc1. The van der Waals surface area contributed by atoms with E-state index in [0.717, 1.165) is 18.5 Å². The maximum Gasteiger partial charge on any atom is 0.224 e. The molecule has 0 unspecified atom stereocenters. The molecule has 0 aromatic heterocycles. The molecule has 0 fully saturated rings. The van der Waals surface area contributed by atoms with Crippen molar-refractivity contribution >= 4 is 11.6 Å². The molecule has 102 valence electrons. The maximum absolute atomic E-state index is 11.6. The number of ether oxygens (including phenoxy) is 1. The third kappa shape index (κ3) is 6.46. The van der Waals surface area contributed by atoms with E-state index in [0.29, 0.717) is 12.2 Å². The number of hydrogen-bond donors (Lipinski definition) is 1. The molecule has 0 saturated carbocycles. The summed E-state index contributed by atoms with van der Waals surface area (Å²) >= 11 is 0. The van der Waals surface area contributed by atoms with E-state index in [1.807, 2.05) is 6.07 Å². The number of nitrogens with zero attached hydrogens (tertiary/aromatic N) is 1. The summed E-state index contributed by atoms with van der Waals surface area (Å²) in [6.07, 6.45) is 4.95. The number of carbonyl (C=O) groups is 1. The quantitative estimate of drug-likeness (QED) is 0.728. The van der Waals surface area contributed by atoms with E-state index in [2.05, 4.69) is 12.2 Å². The highest BCUT2D eigenvalue weighted by molar-refractivity contribution is 5.90. The van der Waals surface area contributed by atoms with Crippen LogP contribution in [0.4, 0.5) is 5.69 Å². The molecule has 1 aromatic carbocycles. The zero-order valence-electron chi connectivity index (χ0n) is 11.3. The molecule has 0 aliphatic carbocycles. The Balaban J connectivity index is 2.32. The van der Waals surface area contributed by atoms with Gasteiger partial charge in [0.15, 0.2) is 6.61 Å². The lowest BCUT2D eigenvalue weighted by molar-refractivity contribution is -0.116. The van der Waals surface area contributed by atoms with Crippen molar-refractivity contribution in [2.75, 3.05) is 11.9 Å². The average molecular weight is 260 g/mol. The minimum Gasteiger partial charge on any atom is -0.479 e. The number of anilines is 1. The van der Waals surface area contributed by atoms with Crippen molar-refractivity contribution < 1.29 is 9.53 Å². The van der Waals surface area contributed by atoms with Crippen molar-refractivity contribution in [1.82, 2.24) is 0 Å². The van der Waals surface area contributed by atoms with E-state index in [1.165, 1.54) is 12.8 Å². The second-order valence-electron chi connectivity index (χ2n) is 4.33. The molecule has 0 bridgehead atoms. The molecule has 1 N–H and O–H groups in total. The molecule has 19 heavy (non-hydrogen) atoms. The molecule has 1 aromatic rings. The highest BCUT2D eigenvalue weighted by Gasteiger charge is 2.02. The smallest absolute Gasteiger partial charge is 0.224 e. The van der Waals surface area contributed by atoms with E-state index in [-0.39, 0.29) is 12.5 Å². The van der Waals surface area contributed by atoms with Gasteiger partial charge >= 0.3 is 0 Å². The first kappa shape index (κ1) is 15.0. The number of nitriles is 1. The Morgan fingerprint density at radius 3 is 2.63 bits per heavy atom. The molecule has 1 amide bonds. The number of unbranched alkanes of at least 4 members (excludes halogenated alkanes) is 3. The number of rotatable bonds is 8. The van der Waals surface area contributed by atoms with Crippen LogP contribution in [0.2, 0.25) is 0 Å². The number of nitrogens with one attached hydrogen (secondary N) is 1. The largest absolute Gasteiger partial charge is 0.479 e. The van der Waals surface area contributed by atoms with E-state index in [1.54, 1.807) is 24.3 Å². The fourth-order valence-electron chi connectivity index (χ4n) is 1.69. The first-order chi connectivity index (χ1) is 9.26. The van der Waals surface area contributed by atoms with Gasteiger partial charge in [-0.05, 0) is 30.7 Å². The van der Waals surface area contributed by atoms with Gasteiger partial charge in [-0.25, -0.2) is 0 Å². The van der Waals surface area contributed by atoms with Crippen molar-refractivity contribution in [3.05, 3.63) is 24.3 Å². The van der Waals surface area contributed by atoms with Crippen LogP contribution in [-0.4, -0.2) is 12.5 Å². The van der Waals surface area contributed by atoms with Gasteiger partial charge in [0.25, 0.3) is 0 Å². The fraction of sp³-hybridized carbons (Fsp3) is 0.467. The summed E-state index contributed by atoms with van der Waals surface area (Å²) in [5, 5.41) is 11.2. The summed E-state index contributed by atoms with van der Waals surface area (Å²) in [5.74, 6) is 0.671. The Kier molecular flexibility index (Phi) is 7.11. The molecule has 1 rings (SSSR count). The zero-order valence-corrected chi connectivity index (χ0v) is 11.3. The van der Waals surface area contributed by atoms with E-state index in [9.17, 15) is 4.79 Å². The Morgan fingerprint density at radius 2 is 2.00 bits per heavy atom. The average Bonchev–Trinajstić information content (AvgIpc) is 2.43. The Bertz CT molecular complexity index is 421. The van der Waals surface area contributed by atoms with Crippen molar-refractivity contribution in [2.45, 2.75) is 39.0 Å². The molecular formula is C15H20N2O2. The van der Waals surface area contributed by atoms with Crippen molar-refractivity contribution in [2.24, 2.45) is 0 Å². The normalized spacial score (nSPS) is 9.68. The highest BCUT2D eigenvalue weighted by Crippen LogP contribution is 2.16. The molecule has 0 atom stereocenters. The molecule has 4 heteroatoms. The molecule has 0 aliphatic rings. The van der Waals surface area contributed by atoms with Crippen LogP contribution in [0.3, 0.4) is 0 Å². The van der Waals surface area contributed by atoms with Gasteiger partial charge in [-0.1, -0.05) is 26.2 Å².